The zero-order chi connectivity index (χ0) is 19.8. The van der Waals surface area contributed by atoms with Gasteiger partial charge in [0.05, 0.1) is 23.2 Å². The molecule has 9 heteroatoms. The Kier molecular flexibility index (Phi) is 4.26. The van der Waals surface area contributed by atoms with Crippen LogP contribution in [0.3, 0.4) is 0 Å². The molecule has 1 fully saturated rings. The lowest BCUT2D eigenvalue weighted by Crippen LogP contribution is -2.54. The molecule has 142 valence electrons. The van der Waals surface area contributed by atoms with Gasteiger partial charge in [-0.25, -0.2) is 0 Å². The van der Waals surface area contributed by atoms with Crippen molar-refractivity contribution in [3.05, 3.63) is 64.0 Å². The third-order valence-electron chi connectivity index (χ3n) is 4.62. The molecular weight excluding hydrogens is 364 g/mol. The third-order valence-corrected chi connectivity index (χ3v) is 4.62. The number of aryl methyl sites for hydroxylation is 1. The Morgan fingerprint density at radius 3 is 2.71 bits per heavy atom. The Bertz CT molecular complexity index is 1100. The lowest BCUT2D eigenvalue weighted by molar-refractivity contribution is -0.402. The van der Waals surface area contributed by atoms with Crippen LogP contribution in [0.1, 0.15) is 16.2 Å². The van der Waals surface area contributed by atoms with Crippen molar-refractivity contribution in [2.75, 3.05) is 18.4 Å². The Hall–Kier alpha value is -3.75. The molecule has 0 bridgehead atoms. The number of hydrogen-bond donors (Lipinski definition) is 1. The van der Waals surface area contributed by atoms with E-state index in [0.717, 1.165) is 22.7 Å². The van der Waals surface area contributed by atoms with E-state index in [2.05, 4.69) is 10.3 Å². The number of likely N-dealkylation sites (tertiary alicyclic amines) is 1. The first-order chi connectivity index (χ1) is 13.4. The molecule has 0 radical (unpaired) electrons. The fourth-order valence-electron chi connectivity index (χ4n) is 3.15. The number of para-hydroxylation sites is 1. The summed E-state index contributed by atoms with van der Waals surface area (Å²) < 4.78 is 4.92. The third kappa shape index (κ3) is 3.18. The van der Waals surface area contributed by atoms with Gasteiger partial charge in [0.1, 0.15) is 4.92 Å². The minimum absolute atomic E-state index is 0.110. The molecule has 9 nitrogen and oxygen atoms in total. The first kappa shape index (κ1) is 17.7. The minimum Gasteiger partial charge on any atom is -0.395 e. The van der Waals surface area contributed by atoms with Crippen molar-refractivity contribution in [2.45, 2.75) is 6.92 Å². The van der Waals surface area contributed by atoms with Gasteiger partial charge in [0.2, 0.25) is 5.91 Å². The van der Waals surface area contributed by atoms with Crippen LogP contribution in [-0.4, -0.2) is 39.7 Å². The maximum Gasteiger partial charge on any atom is 0.433 e. The van der Waals surface area contributed by atoms with Crippen LogP contribution in [0.5, 0.6) is 0 Å². The largest absolute Gasteiger partial charge is 0.433 e. The van der Waals surface area contributed by atoms with E-state index < -0.39 is 16.7 Å². The van der Waals surface area contributed by atoms with E-state index in [0.29, 0.717) is 5.69 Å². The number of nitrogens with zero attached hydrogens (tertiary/aromatic N) is 3. The smallest absolute Gasteiger partial charge is 0.395 e. The summed E-state index contributed by atoms with van der Waals surface area (Å²) in [4.78, 5) is 40.7. The molecule has 0 atom stereocenters. The highest BCUT2D eigenvalue weighted by molar-refractivity contribution is 6.03. The number of aromatic nitrogens is 1. The highest BCUT2D eigenvalue weighted by Gasteiger charge is 2.37. The highest BCUT2D eigenvalue weighted by Crippen LogP contribution is 2.26. The quantitative estimate of drug-likeness (QED) is 0.549. The SMILES string of the molecule is Cc1cc(NC(=O)C2CN(C(=O)c3ccc([N+](=O)[O-])o3)C2)c2ccccc2n1. The number of rotatable bonds is 4. The van der Waals surface area contributed by atoms with Crippen LogP contribution in [0.25, 0.3) is 10.9 Å². The van der Waals surface area contributed by atoms with Crippen molar-refractivity contribution < 1.29 is 18.9 Å². The molecule has 2 amide bonds. The summed E-state index contributed by atoms with van der Waals surface area (Å²) in [5.74, 6) is -1.62. The van der Waals surface area contributed by atoms with E-state index >= 15 is 0 Å². The zero-order valence-electron chi connectivity index (χ0n) is 14.9. The average molecular weight is 380 g/mol. The summed E-state index contributed by atoms with van der Waals surface area (Å²) in [6.07, 6.45) is 0. The number of nitro groups is 1. The molecule has 0 unspecified atom stereocenters. The van der Waals surface area contributed by atoms with E-state index in [1.807, 2.05) is 37.3 Å². The highest BCUT2D eigenvalue weighted by atomic mass is 16.6. The molecule has 0 aliphatic carbocycles. The number of pyridine rings is 1. The standard InChI is InChI=1S/C19H16N4O5/c1-11-8-15(13-4-2-3-5-14(13)20-11)21-18(24)12-9-22(10-12)19(25)16-6-7-17(28-16)23(26)27/h2-8,12H,9-10H2,1H3,(H,20,21,24). The summed E-state index contributed by atoms with van der Waals surface area (Å²) in [5, 5.41) is 14.4. The van der Waals surface area contributed by atoms with E-state index in [4.69, 9.17) is 4.42 Å². The summed E-state index contributed by atoms with van der Waals surface area (Å²) >= 11 is 0. The normalized spacial score (nSPS) is 14.0. The molecule has 2 aromatic heterocycles. The Morgan fingerprint density at radius 2 is 2.00 bits per heavy atom. The molecule has 0 spiro atoms. The van der Waals surface area contributed by atoms with E-state index in [-0.39, 0.29) is 30.7 Å². The lowest BCUT2D eigenvalue weighted by Gasteiger charge is -2.37. The van der Waals surface area contributed by atoms with Crippen molar-refractivity contribution >= 4 is 34.3 Å². The number of benzene rings is 1. The number of carbonyl (C=O) groups is 2. The summed E-state index contributed by atoms with van der Waals surface area (Å²) in [6, 6.07) is 11.7. The van der Waals surface area contributed by atoms with E-state index in [1.165, 1.54) is 11.0 Å². The summed E-state index contributed by atoms with van der Waals surface area (Å²) in [7, 11) is 0. The van der Waals surface area contributed by atoms with Gasteiger partial charge < -0.3 is 14.6 Å². The molecule has 3 aromatic rings. The maximum atomic E-state index is 12.6. The number of fused-ring (bicyclic) bond motifs is 1. The van der Waals surface area contributed by atoms with Gasteiger partial charge in [0.25, 0.3) is 5.91 Å². The second-order valence-electron chi connectivity index (χ2n) is 6.62. The topological polar surface area (TPSA) is 119 Å². The predicted molar refractivity (Wildman–Crippen MR) is 99.9 cm³/mol. The Labute approximate surface area is 159 Å². The van der Waals surface area contributed by atoms with Crippen LogP contribution < -0.4 is 5.32 Å². The van der Waals surface area contributed by atoms with Gasteiger partial charge in [0.15, 0.2) is 5.76 Å². The molecule has 1 aliphatic heterocycles. The molecular formula is C19H16N4O5. The predicted octanol–water partition coefficient (Wildman–Crippen LogP) is 2.76. The monoisotopic (exact) mass is 380 g/mol. The molecule has 0 saturated carbocycles. The maximum absolute atomic E-state index is 12.6. The number of nitrogens with one attached hydrogen (secondary N) is 1. The summed E-state index contributed by atoms with van der Waals surface area (Å²) in [5.41, 5.74) is 2.26. The first-order valence-electron chi connectivity index (χ1n) is 8.63. The average Bonchev–Trinajstić information content (AvgIpc) is 3.10. The Balaban J connectivity index is 1.42. The van der Waals surface area contributed by atoms with Crippen LogP contribution in [0.2, 0.25) is 0 Å². The molecule has 1 N–H and O–H groups in total. The fourth-order valence-corrected chi connectivity index (χ4v) is 3.15. The number of anilines is 1. The zero-order valence-corrected chi connectivity index (χ0v) is 14.9. The van der Waals surface area contributed by atoms with Crippen molar-refractivity contribution in [3.8, 4) is 0 Å². The van der Waals surface area contributed by atoms with Crippen LogP contribution in [0.15, 0.2) is 46.9 Å². The second kappa shape index (κ2) is 6.76. The lowest BCUT2D eigenvalue weighted by atomic mass is 9.98. The Morgan fingerprint density at radius 1 is 1.25 bits per heavy atom. The van der Waals surface area contributed by atoms with E-state index in [9.17, 15) is 19.7 Å². The van der Waals surface area contributed by atoms with Gasteiger partial charge in [-0.3, -0.25) is 24.7 Å². The van der Waals surface area contributed by atoms with Crippen molar-refractivity contribution in [1.82, 2.24) is 9.88 Å². The van der Waals surface area contributed by atoms with Crippen LogP contribution >= 0.6 is 0 Å². The van der Waals surface area contributed by atoms with Crippen molar-refractivity contribution in [1.29, 1.82) is 0 Å². The van der Waals surface area contributed by atoms with Crippen LogP contribution in [-0.2, 0) is 4.79 Å². The van der Waals surface area contributed by atoms with Gasteiger partial charge in [-0.2, -0.15) is 0 Å². The molecule has 3 heterocycles. The number of amides is 2. The molecule has 1 aromatic carbocycles. The number of carbonyl (C=O) groups excluding carboxylic acids is 2. The van der Waals surface area contributed by atoms with Gasteiger partial charge in [0, 0.05) is 24.2 Å². The van der Waals surface area contributed by atoms with Crippen LogP contribution in [0, 0.1) is 23.0 Å². The second-order valence-corrected chi connectivity index (χ2v) is 6.62. The van der Waals surface area contributed by atoms with Gasteiger partial charge in [-0.15, -0.1) is 0 Å². The molecule has 1 aliphatic rings. The van der Waals surface area contributed by atoms with Crippen molar-refractivity contribution in [2.24, 2.45) is 5.92 Å². The van der Waals surface area contributed by atoms with Gasteiger partial charge in [-0.05, 0) is 25.1 Å². The minimum atomic E-state index is -0.704. The van der Waals surface area contributed by atoms with Crippen molar-refractivity contribution in [3.63, 3.8) is 0 Å². The fraction of sp³-hybridized carbons (Fsp3) is 0.211. The molecule has 4 rings (SSSR count). The molecule has 1 saturated heterocycles. The van der Waals surface area contributed by atoms with E-state index in [1.54, 1.807) is 0 Å². The first-order valence-corrected chi connectivity index (χ1v) is 8.63. The summed E-state index contributed by atoms with van der Waals surface area (Å²) in [6.45, 7) is 2.30. The molecule has 28 heavy (non-hydrogen) atoms. The van der Waals surface area contributed by atoms with Gasteiger partial charge >= 0.3 is 5.88 Å². The number of furan rings is 1. The number of hydrogen-bond acceptors (Lipinski definition) is 6. The van der Waals surface area contributed by atoms with Gasteiger partial charge in [-0.1, -0.05) is 18.2 Å². The van der Waals surface area contributed by atoms with Crippen LogP contribution in [0.4, 0.5) is 11.6 Å².